The fraction of sp³-hybridized carbons (Fsp3) is 0.800. The summed E-state index contributed by atoms with van der Waals surface area (Å²) in [4.78, 5) is 36.9. The van der Waals surface area contributed by atoms with Crippen molar-refractivity contribution in [3.8, 4) is 0 Å². The molecule has 148 valence electrons. The Morgan fingerprint density at radius 3 is 2.54 bits per heavy atom. The first-order chi connectivity index (χ1) is 11.9. The molecule has 0 aromatic heterocycles. The van der Waals surface area contributed by atoms with E-state index in [0.717, 1.165) is 0 Å². The van der Waals surface area contributed by atoms with Crippen molar-refractivity contribution in [3.05, 3.63) is 0 Å². The molecule has 0 aromatic rings. The molecule has 26 heavy (non-hydrogen) atoms. The zero-order valence-corrected chi connectivity index (χ0v) is 16.7. The standard InChI is InChI=1S/C15H23NO8S2/c1-9(2)6-26(20,21)24-8-23-14(19)13-15(4,7-22-10(3)17)25-12-5-11(18)16(12)13/h9,12-13H,5-8H2,1-4H3/t12-,13+,15+/m1/s1. The highest BCUT2D eigenvalue weighted by Crippen LogP contribution is 2.51. The average Bonchev–Trinajstić information content (AvgIpc) is 2.72. The lowest BCUT2D eigenvalue weighted by molar-refractivity contribution is -0.167. The van der Waals surface area contributed by atoms with Gasteiger partial charge in [-0.15, -0.1) is 11.8 Å². The van der Waals surface area contributed by atoms with E-state index in [0.29, 0.717) is 6.42 Å². The highest BCUT2D eigenvalue weighted by atomic mass is 32.2. The second-order valence-electron chi connectivity index (χ2n) is 6.89. The van der Waals surface area contributed by atoms with Gasteiger partial charge in [0.15, 0.2) is 0 Å². The molecule has 0 N–H and O–H groups in total. The Labute approximate surface area is 156 Å². The van der Waals surface area contributed by atoms with Crippen LogP contribution in [-0.4, -0.2) is 66.5 Å². The molecule has 2 saturated heterocycles. The molecular formula is C15H23NO8S2. The van der Waals surface area contributed by atoms with Crippen molar-refractivity contribution in [1.82, 2.24) is 4.90 Å². The number of thioether (sulfide) groups is 1. The normalized spacial score (nSPS) is 27.9. The van der Waals surface area contributed by atoms with Crippen LogP contribution < -0.4 is 0 Å². The molecule has 3 atom stereocenters. The van der Waals surface area contributed by atoms with Crippen LogP contribution in [0.15, 0.2) is 0 Å². The second-order valence-corrected chi connectivity index (χ2v) is 10.3. The molecule has 2 rings (SSSR count). The topological polar surface area (TPSA) is 116 Å². The number of hydrogen-bond acceptors (Lipinski definition) is 9. The first-order valence-corrected chi connectivity index (χ1v) is 10.6. The van der Waals surface area contributed by atoms with Crippen molar-refractivity contribution < 1.29 is 36.5 Å². The van der Waals surface area contributed by atoms with Crippen molar-refractivity contribution in [2.24, 2.45) is 5.92 Å². The predicted molar refractivity (Wildman–Crippen MR) is 92.3 cm³/mol. The Morgan fingerprint density at radius 2 is 2.00 bits per heavy atom. The number of ether oxygens (including phenoxy) is 2. The van der Waals surface area contributed by atoms with Gasteiger partial charge >= 0.3 is 11.9 Å². The van der Waals surface area contributed by atoms with Crippen molar-refractivity contribution in [2.45, 2.75) is 50.3 Å². The van der Waals surface area contributed by atoms with Gasteiger partial charge in [-0.3, -0.25) is 9.59 Å². The van der Waals surface area contributed by atoms with Crippen molar-refractivity contribution >= 4 is 39.7 Å². The number of carbonyl (C=O) groups excluding carboxylic acids is 3. The highest BCUT2D eigenvalue weighted by molar-refractivity contribution is 8.01. The fourth-order valence-corrected chi connectivity index (χ4v) is 5.66. The van der Waals surface area contributed by atoms with Gasteiger partial charge in [0.1, 0.15) is 12.6 Å². The Hall–Kier alpha value is -1.33. The maximum Gasteiger partial charge on any atom is 0.332 e. The molecule has 0 radical (unpaired) electrons. The summed E-state index contributed by atoms with van der Waals surface area (Å²) in [6, 6.07) is -0.977. The van der Waals surface area contributed by atoms with Gasteiger partial charge in [0.05, 0.1) is 22.3 Å². The smallest absolute Gasteiger partial charge is 0.332 e. The molecular weight excluding hydrogens is 386 g/mol. The highest BCUT2D eigenvalue weighted by Gasteiger charge is 2.61. The van der Waals surface area contributed by atoms with Gasteiger partial charge in [-0.2, -0.15) is 8.42 Å². The molecule has 0 aromatic carbocycles. The van der Waals surface area contributed by atoms with Crippen LogP contribution in [0.5, 0.6) is 0 Å². The van der Waals surface area contributed by atoms with Gasteiger partial charge in [-0.05, 0) is 12.8 Å². The molecule has 2 aliphatic heterocycles. The lowest BCUT2D eigenvalue weighted by atomic mass is 9.97. The SMILES string of the molecule is CC(=O)OC[C@]1(C)S[C@@H]2CC(=O)N2[C@H]1C(=O)OCOS(=O)(=O)CC(C)C. The molecule has 2 fully saturated rings. The van der Waals surface area contributed by atoms with E-state index in [1.807, 2.05) is 0 Å². The Kier molecular flexibility index (Phi) is 6.24. The lowest BCUT2D eigenvalue weighted by Gasteiger charge is -2.37. The number of esters is 2. The number of carbonyl (C=O) groups is 3. The third kappa shape index (κ3) is 4.68. The molecule has 0 aliphatic carbocycles. The molecule has 0 bridgehead atoms. The maximum atomic E-state index is 12.5. The van der Waals surface area contributed by atoms with E-state index in [1.54, 1.807) is 20.8 Å². The minimum absolute atomic E-state index is 0.0699. The molecule has 2 heterocycles. The van der Waals surface area contributed by atoms with Gasteiger partial charge < -0.3 is 14.4 Å². The Bertz CT molecular complexity index is 692. The van der Waals surface area contributed by atoms with E-state index in [9.17, 15) is 22.8 Å². The van der Waals surface area contributed by atoms with Crippen molar-refractivity contribution in [1.29, 1.82) is 0 Å². The number of fused-ring (bicyclic) bond motifs is 1. The van der Waals surface area contributed by atoms with E-state index in [-0.39, 0.29) is 29.6 Å². The number of β-lactam (4-membered cyclic amide) rings is 1. The Balaban J connectivity index is 2.01. The summed E-state index contributed by atoms with van der Waals surface area (Å²) in [7, 11) is -3.80. The minimum atomic E-state index is -3.80. The fourth-order valence-electron chi connectivity index (χ4n) is 2.89. The minimum Gasteiger partial charge on any atom is -0.464 e. The zero-order valence-electron chi connectivity index (χ0n) is 15.1. The van der Waals surface area contributed by atoms with Crippen LogP contribution in [0.1, 0.15) is 34.1 Å². The van der Waals surface area contributed by atoms with Crippen LogP contribution >= 0.6 is 11.8 Å². The van der Waals surface area contributed by atoms with E-state index >= 15 is 0 Å². The monoisotopic (exact) mass is 409 g/mol. The summed E-state index contributed by atoms with van der Waals surface area (Å²) in [6.45, 7) is 5.57. The molecule has 9 nitrogen and oxygen atoms in total. The number of nitrogens with zero attached hydrogens (tertiary/aromatic N) is 1. The van der Waals surface area contributed by atoms with Crippen LogP contribution in [0, 0.1) is 5.92 Å². The first kappa shape index (κ1) is 21.0. The quantitative estimate of drug-likeness (QED) is 0.244. The number of rotatable bonds is 8. The second kappa shape index (κ2) is 7.73. The molecule has 11 heteroatoms. The summed E-state index contributed by atoms with van der Waals surface area (Å²) in [5, 5.41) is -0.189. The van der Waals surface area contributed by atoms with Gasteiger partial charge in [-0.25, -0.2) is 8.98 Å². The van der Waals surface area contributed by atoms with E-state index in [2.05, 4.69) is 4.18 Å². The van der Waals surface area contributed by atoms with Crippen LogP contribution in [0.3, 0.4) is 0 Å². The molecule has 0 spiro atoms. The van der Waals surface area contributed by atoms with Crippen LogP contribution in [0.2, 0.25) is 0 Å². The van der Waals surface area contributed by atoms with Crippen LogP contribution in [0.25, 0.3) is 0 Å². The van der Waals surface area contributed by atoms with Crippen LogP contribution in [0.4, 0.5) is 0 Å². The zero-order chi connectivity index (χ0) is 19.7. The molecule has 1 amide bonds. The summed E-state index contributed by atoms with van der Waals surface area (Å²) in [5.74, 6) is -1.82. The van der Waals surface area contributed by atoms with E-state index in [4.69, 9.17) is 9.47 Å². The first-order valence-electron chi connectivity index (χ1n) is 8.11. The summed E-state index contributed by atoms with van der Waals surface area (Å²) in [6.07, 6.45) is 0.295. The van der Waals surface area contributed by atoms with Gasteiger partial charge in [0, 0.05) is 6.92 Å². The lowest BCUT2D eigenvalue weighted by Crippen LogP contribution is -2.58. The third-order valence-corrected chi connectivity index (χ3v) is 7.04. The summed E-state index contributed by atoms with van der Waals surface area (Å²) in [5.41, 5.74) is 0. The molecule has 2 aliphatic rings. The number of amides is 1. The Morgan fingerprint density at radius 1 is 1.35 bits per heavy atom. The molecule has 0 saturated carbocycles. The average molecular weight is 409 g/mol. The molecule has 0 unspecified atom stereocenters. The maximum absolute atomic E-state index is 12.5. The van der Waals surface area contributed by atoms with Gasteiger partial charge in [0.25, 0.3) is 10.1 Å². The van der Waals surface area contributed by atoms with Crippen molar-refractivity contribution in [3.63, 3.8) is 0 Å². The largest absolute Gasteiger partial charge is 0.464 e. The van der Waals surface area contributed by atoms with E-state index in [1.165, 1.54) is 23.6 Å². The van der Waals surface area contributed by atoms with Crippen LogP contribution in [-0.2, 0) is 38.2 Å². The van der Waals surface area contributed by atoms with Gasteiger partial charge in [-0.1, -0.05) is 13.8 Å². The van der Waals surface area contributed by atoms with Crippen molar-refractivity contribution in [2.75, 3.05) is 19.2 Å². The summed E-state index contributed by atoms with van der Waals surface area (Å²) >= 11 is 1.36. The van der Waals surface area contributed by atoms with Gasteiger partial charge in [0.2, 0.25) is 12.7 Å². The summed E-state index contributed by atoms with van der Waals surface area (Å²) < 4.78 is 37.2. The number of hydrogen-bond donors (Lipinski definition) is 0. The third-order valence-electron chi connectivity index (χ3n) is 3.96. The van der Waals surface area contributed by atoms with E-state index < -0.39 is 39.6 Å². The predicted octanol–water partition coefficient (Wildman–Crippen LogP) is 0.485.